The van der Waals surface area contributed by atoms with Crippen LogP contribution in [0.1, 0.15) is 24.2 Å². The fourth-order valence-corrected chi connectivity index (χ4v) is 1.27. The highest BCUT2D eigenvalue weighted by Crippen LogP contribution is 2.13. The summed E-state index contributed by atoms with van der Waals surface area (Å²) in [6, 6.07) is 6.24. The molecule has 1 aromatic rings. The molecule has 2 atom stereocenters. The highest BCUT2D eigenvalue weighted by atomic mass is 16.4. The van der Waals surface area contributed by atoms with Crippen LogP contribution < -0.4 is 5.73 Å². The molecule has 0 aromatic heterocycles. The molecule has 82 valence electrons. The SMILES string of the molecule is CC(O)c1ccc(CC(N)C(=O)O)cc1. The molecule has 0 saturated carbocycles. The Balaban J connectivity index is 2.68. The van der Waals surface area contributed by atoms with Gasteiger partial charge in [-0.25, -0.2) is 0 Å². The molecule has 0 radical (unpaired) electrons. The smallest absolute Gasteiger partial charge is 0.320 e. The predicted molar refractivity (Wildman–Crippen MR) is 56.4 cm³/mol. The Bertz CT molecular complexity index is 332. The molecule has 0 aliphatic rings. The second-order valence-corrected chi connectivity index (χ2v) is 3.57. The van der Waals surface area contributed by atoms with E-state index in [0.29, 0.717) is 6.42 Å². The fraction of sp³-hybridized carbons (Fsp3) is 0.364. The number of carboxylic acid groups (broad SMARTS) is 1. The van der Waals surface area contributed by atoms with E-state index >= 15 is 0 Å². The van der Waals surface area contributed by atoms with Gasteiger partial charge in [0, 0.05) is 0 Å². The molecule has 15 heavy (non-hydrogen) atoms. The number of hydrogen-bond acceptors (Lipinski definition) is 3. The zero-order valence-electron chi connectivity index (χ0n) is 8.55. The summed E-state index contributed by atoms with van der Waals surface area (Å²) in [7, 11) is 0. The summed E-state index contributed by atoms with van der Waals surface area (Å²) in [4.78, 5) is 10.5. The Labute approximate surface area is 88.3 Å². The van der Waals surface area contributed by atoms with Crippen molar-refractivity contribution in [2.45, 2.75) is 25.5 Å². The van der Waals surface area contributed by atoms with Gasteiger partial charge in [-0.15, -0.1) is 0 Å². The molecule has 4 nitrogen and oxygen atoms in total. The molecule has 0 heterocycles. The van der Waals surface area contributed by atoms with E-state index in [-0.39, 0.29) is 0 Å². The lowest BCUT2D eigenvalue weighted by Gasteiger charge is -2.08. The lowest BCUT2D eigenvalue weighted by molar-refractivity contribution is -0.138. The monoisotopic (exact) mass is 209 g/mol. The first kappa shape index (κ1) is 11.7. The highest BCUT2D eigenvalue weighted by Gasteiger charge is 2.11. The average Bonchev–Trinajstić information content (AvgIpc) is 2.18. The van der Waals surface area contributed by atoms with E-state index in [4.69, 9.17) is 10.8 Å². The van der Waals surface area contributed by atoms with Gasteiger partial charge in [0.25, 0.3) is 0 Å². The molecular weight excluding hydrogens is 194 g/mol. The maximum Gasteiger partial charge on any atom is 0.320 e. The third-order valence-electron chi connectivity index (χ3n) is 2.23. The molecule has 1 rings (SSSR count). The Kier molecular flexibility index (Phi) is 3.82. The number of aliphatic hydroxyl groups excluding tert-OH is 1. The Morgan fingerprint density at radius 3 is 2.33 bits per heavy atom. The molecule has 0 aliphatic heterocycles. The zero-order valence-corrected chi connectivity index (χ0v) is 8.55. The molecule has 0 amide bonds. The first-order chi connectivity index (χ1) is 7.00. The zero-order chi connectivity index (χ0) is 11.4. The quantitative estimate of drug-likeness (QED) is 0.681. The van der Waals surface area contributed by atoms with Crippen molar-refractivity contribution >= 4 is 5.97 Å². The standard InChI is InChI=1S/C11H15NO3/c1-7(13)9-4-2-8(3-5-9)6-10(12)11(14)15/h2-5,7,10,13H,6,12H2,1H3,(H,14,15). The number of aliphatic hydroxyl groups is 1. The second kappa shape index (κ2) is 4.91. The lowest BCUT2D eigenvalue weighted by Crippen LogP contribution is -2.32. The summed E-state index contributed by atoms with van der Waals surface area (Å²) in [6.45, 7) is 1.68. The summed E-state index contributed by atoms with van der Waals surface area (Å²) >= 11 is 0. The van der Waals surface area contributed by atoms with Gasteiger partial charge in [-0.05, 0) is 24.5 Å². The molecule has 4 heteroatoms. The van der Waals surface area contributed by atoms with E-state index in [1.165, 1.54) is 0 Å². The number of carboxylic acids is 1. The molecule has 0 spiro atoms. The molecule has 1 aromatic carbocycles. The summed E-state index contributed by atoms with van der Waals surface area (Å²) in [5.74, 6) is -1.00. The number of nitrogens with two attached hydrogens (primary N) is 1. The minimum absolute atomic E-state index is 0.301. The molecule has 0 aliphatic carbocycles. The second-order valence-electron chi connectivity index (χ2n) is 3.57. The minimum Gasteiger partial charge on any atom is -0.480 e. The van der Waals surface area contributed by atoms with Gasteiger partial charge in [0.15, 0.2) is 0 Å². The summed E-state index contributed by atoms with van der Waals surface area (Å²) < 4.78 is 0. The van der Waals surface area contributed by atoms with Crippen LogP contribution >= 0.6 is 0 Å². The van der Waals surface area contributed by atoms with Crippen LogP contribution in [0.4, 0.5) is 0 Å². The van der Waals surface area contributed by atoms with Crippen LogP contribution in [-0.4, -0.2) is 22.2 Å². The largest absolute Gasteiger partial charge is 0.480 e. The highest BCUT2D eigenvalue weighted by molar-refractivity contribution is 5.73. The first-order valence-electron chi connectivity index (χ1n) is 4.76. The molecule has 0 saturated heterocycles. The third kappa shape index (κ3) is 3.34. The van der Waals surface area contributed by atoms with Crippen molar-refractivity contribution in [2.24, 2.45) is 5.73 Å². The van der Waals surface area contributed by atoms with Crippen LogP contribution in [0.15, 0.2) is 24.3 Å². The number of aliphatic carboxylic acids is 1. The Hall–Kier alpha value is -1.39. The number of hydrogen-bond donors (Lipinski definition) is 3. The van der Waals surface area contributed by atoms with Crippen molar-refractivity contribution in [3.63, 3.8) is 0 Å². The summed E-state index contributed by atoms with van der Waals surface area (Å²) in [5, 5.41) is 17.9. The van der Waals surface area contributed by atoms with Gasteiger partial charge < -0.3 is 15.9 Å². The number of rotatable bonds is 4. The van der Waals surface area contributed by atoms with Crippen LogP contribution in [0.2, 0.25) is 0 Å². The van der Waals surface area contributed by atoms with Gasteiger partial charge in [-0.2, -0.15) is 0 Å². The maximum absolute atomic E-state index is 10.5. The normalized spacial score (nSPS) is 14.6. The first-order valence-corrected chi connectivity index (χ1v) is 4.76. The maximum atomic E-state index is 10.5. The van der Waals surface area contributed by atoms with Crippen LogP contribution in [0.3, 0.4) is 0 Å². The van der Waals surface area contributed by atoms with E-state index in [9.17, 15) is 9.90 Å². The Morgan fingerprint density at radius 2 is 1.93 bits per heavy atom. The van der Waals surface area contributed by atoms with Crippen LogP contribution in [-0.2, 0) is 11.2 Å². The van der Waals surface area contributed by atoms with Gasteiger partial charge in [0.2, 0.25) is 0 Å². The molecule has 0 fully saturated rings. The van der Waals surface area contributed by atoms with Crippen LogP contribution in [0.25, 0.3) is 0 Å². The van der Waals surface area contributed by atoms with Crippen LogP contribution in [0.5, 0.6) is 0 Å². The van der Waals surface area contributed by atoms with E-state index < -0.39 is 18.1 Å². The van der Waals surface area contributed by atoms with Gasteiger partial charge in [0.1, 0.15) is 6.04 Å². The van der Waals surface area contributed by atoms with Crippen molar-refractivity contribution in [2.75, 3.05) is 0 Å². The fourth-order valence-electron chi connectivity index (χ4n) is 1.27. The van der Waals surface area contributed by atoms with Gasteiger partial charge in [0.05, 0.1) is 6.10 Å². The van der Waals surface area contributed by atoms with Gasteiger partial charge in [-0.1, -0.05) is 24.3 Å². The van der Waals surface area contributed by atoms with E-state index in [1.807, 2.05) is 0 Å². The van der Waals surface area contributed by atoms with E-state index in [2.05, 4.69) is 0 Å². The third-order valence-corrected chi connectivity index (χ3v) is 2.23. The predicted octanol–water partition coefficient (Wildman–Crippen LogP) is 0.694. The van der Waals surface area contributed by atoms with E-state index in [0.717, 1.165) is 11.1 Å². The minimum atomic E-state index is -1.00. The van der Waals surface area contributed by atoms with Crippen molar-refractivity contribution < 1.29 is 15.0 Å². The molecule has 4 N–H and O–H groups in total. The van der Waals surface area contributed by atoms with Gasteiger partial charge >= 0.3 is 5.97 Å². The lowest BCUT2D eigenvalue weighted by atomic mass is 10.0. The van der Waals surface area contributed by atoms with Crippen molar-refractivity contribution in [1.29, 1.82) is 0 Å². The van der Waals surface area contributed by atoms with Crippen molar-refractivity contribution in [3.8, 4) is 0 Å². The summed E-state index contributed by atoms with van der Waals surface area (Å²) in [5.41, 5.74) is 7.06. The van der Waals surface area contributed by atoms with E-state index in [1.54, 1.807) is 31.2 Å². The van der Waals surface area contributed by atoms with Crippen molar-refractivity contribution in [3.05, 3.63) is 35.4 Å². The topological polar surface area (TPSA) is 83.5 Å². The molecule has 0 bridgehead atoms. The average molecular weight is 209 g/mol. The molecule has 2 unspecified atom stereocenters. The number of benzene rings is 1. The number of carbonyl (C=O) groups is 1. The van der Waals surface area contributed by atoms with Gasteiger partial charge in [-0.3, -0.25) is 4.79 Å². The Morgan fingerprint density at radius 1 is 1.40 bits per heavy atom. The molecular formula is C11H15NO3. The van der Waals surface area contributed by atoms with Crippen LogP contribution in [0, 0.1) is 0 Å². The van der Waals surface area contributed by atoms with Crippen molar-refractivity contribution in [1.82, 2.24) is 0 Å². The summed E-state index contributed by atoms with van der Waals surface area (Å²) in [6.07, 6.45) is -0.206.